The number of nitrogens with one attached hydrogen (secondary N) is 2. The summed E-state index contributed by atoms with van der Waals surface area (Å²) < 4.78 is 23.3. The van der Waals surface area contributed by atoms with Crippen LogP contribution >= 0.6 is 0 Å². The molecule has 1 aromatic carbocycles. The zero-order valence-electron chi connectivity index (χ0n) is 14.0. The Morgan fingerprint density at radius 2 is 1.92 bits per heavy atom. The Morgan fingerprint density at radius 1 is 1.20 bits per heavy atom. The van der Waals surface area contributed by atoms with E-state index >= 15 is 0 Å². The number of urea groups is 1. The number of hydrogen-bond donors (Lipinski definition) is 2. The highest BCUT2D eigenvalue weighted by Crippen LogP contribution is 2.18. The van der Waals surface area contributed by atoms with Crippen molar-refractivity contribution >= 4 is 17.9 Å². The number of methoxy groups -OCH3 is 1. The number of ether oxygens (including phenoxy) is 2. The van der Waals surface area contributed by atoms with Crippen LogP contribution in [-0.4, -0.2) is 37.7 Å². The molecule has 2 N–H and O–H groups in total. The summed E-state index contributed by atoms with van der Waals surface area (Å²) in [4.78, 5) is 35.1. The topological polar surface area (TPSA) is 93.7 Å². The number of esters is 1. The molecule has 1 aliphatic carbocycles. The first-order valence-electron chi connectivity index (χ1n) is 8.10. The molecule has 8 heteroatoms. The van der Waals surface area contributed by atoms with E-state index in [9.17, 15) is 18.8 Å². The van der Waals surface area contributed by atoms with Gasteiger partial charge in [-0.2, -0.15) is 0 Å². The fraction of sp³-hybridized carbons (Fsp3) is 0.471. The van der Waals surface area contributed by atoms with E-state index < -0.39 is 30.3 Å². The second-order valence-electron chi connectivity index (χ2n) is 5.78. The Bertz CT molecular complexity index is 644. The van der Waals surface area contributed by atoms with Crippen LogP contribution in [0.3, 0.4) is 0 Å². The number of halogens is 1. The molecule has 3 amide bonds. The Hall–Kier alpha value is -2.64. The van der Waals surface area contributed by atoms with Gasteiger partial charge in [0.2, 0.25) is 0 Å². The fourth-order valence-electron chi connectivity index (χ4n) is 2.63. The van der Waals surface area contributed by atoms with Crippen LogP contribution in [0, 0.1) is 5.82 Å². The molecule has 1 aromatic rings. The monoisotopic (exact) mass is 352 g/mol. The summed E-state index contributed by atoms with van der Waals surface area (Å²) >= 11 is 0. The molecule has 0 bridgehead atoms. The third kappa shape index (κ3) is 5.74. The van der Waals surface area contributed by atoms with Gasteiger partial charge in [0.05, 0.1) is 12.7 Å². The van der Waals surface area contributed by atoms with Gasteiger partial charge in [-0.3, -0.25) is 10.1 Å². The molecular formula is C17H21FN2O5. The number of imide groups is 1. The van der Waals surface area contributed by atoms with Crippen molar-refractivity contribution in [3.63, 3.8) is 0 Å². The molecule has 1 aliphatic rings. The summed E-state index contributed by atoms with van der Waals surface area (Å²) in [6.07, 6.45) is 5.01. The molecule has 0 atom stereocenters. The highest BCUT2D eigenvalue weighted by molar-refractivity contribution is 5.97. The Balaban J connectivity index is 1.77. The summed E-state index contributed by atoms with van der Waals surface area (Å²) in [5.41, 5.74) is -0.319. The molecule has 7 nitrogen and oxygen atoms in total. The molecule has 0 aromatic heterocycles. The first-order valence-corrected chi connectivity index (χ1v) is 8.10. The van der Waals surface area contributed by atoms with Crippen molar-refractivity contribution in [2.45, 2.75) is 38.1 Å². The van der Waals surface area contributed by atoms with E-state index in [1.165, 1.54) is 19.2 Å². The number of benzene rings is 1. The first-order chi connectivity index (χ1) is 12.0. The lowest BCUT2D eigenvalue weighted by Gasteiger charge is -2.22. The predicted octanol–water partition coefficient (Wildman–Crippen LogP) is 2.15. The van der Waals surface area contributed by atoms with Crippen molar-refractivity contribution in [1.82, 2.24) is 10.6 Å². The maximum atomic E-state index is 13.7. The van der Waals surface area contributed by atoms with Crippen LogP contribution in [0.2, 0.25) is 0 Å². The van der Waals surface area contributed by atoms with Crippen LogP contribution in [0.1, 0.15) is 42.5 Å². The van der Waals surface area contributed by atoms with Gasteiger partial charge in [-0.25, -0.2) is 14.0 Å². The zero-order chi connectivity index (χ0) is 18.2. The molecule has 1 fully saturated rings. The lowest BCUT2D eigenvalue weighted by Crippen LogP contribution is -2.46. The van der Waals surface area contributed by atoms with Crippen LogP contribution in [-0.2, 0) is 9.53 Å². The second-order valence-corrected chi connectivity index (χ2v) is 5.78. The SMILES string of the molecule is COc1ccc(C(=O)OCC(=O)NC(=O)NC2CCCCC2)c(F)c1. The van der Waals surface area contributed by atoms with E-state index in [-0.39, 0.29) is 17.4 Å². The molecule has 0 aliphatic heterocycles. The van der Waals surface area contributed by atoms with Gasteiger partial charge in [-0.15, -0.1) is 0 Å². The molecule has 0 radical (unpaired) electrons. The van der Waals surface area contributed by atoms with E-state index in [0.29, 0.717) is 0 Å². The standard InChI is InChI=1S/C17H21FN2O5/c1-24-12-7-8-13(14(18)9-12)16(22)25-10-15(21)20-17(23)19-11-5-3-2-4-6-11/h7-9,11H,2-6,10H2,1H3,(H2,19,20,21,23). The van der Waals surface area contributed by atoms with Gasteiger partial charge < -0.3 is 14.8 Å². The number of carbonyl (C=O) groups is 3. The molecule has 0 saturated heterocycles. The van der Waals surface area contributed by atoms with Crippen molar-refractivity contribution in [3.8, 4) is 5.75 Å². The summed E-state index contributed by atoms with van der Waals surface area (Å²) in [7, 11) is 1.37. The Morgan fingerprint density at radius 3 is 2.56 bits per heavy atom. The summed E-state index contributed by atoms with van der Waals surface area (Å²) in [5.74, 6) is -2.34. The molecule has 1 saturated carbocycles. The molecule has 2 rings (SSSR count). The van der Waals surface area contributed by atoms with Gasteiger partial charge in [0.25, 0.3) is 5.91 Å². The van der Waals surface area contributed by atoms with Gasteiger partial charge in [0.15, 0.2) is 6.61 Å². The predicted molar refractivity (Wildman–Crippen MR) is 86.8 cm³/mol. The van der Waals surface area contributed by atoms with E-state index in [1.807, 2.05) is 0 Å². The third-order valence-electron chi connectivity index (χ3n) is 3.92. The number of carbonyl (C=O) groups excluding carboxylic acids is 3. The summed E-state index contributed by atoms with van der Waals surface area (Å²) in [6.45, 7) is -0.678. The molecule has 25 heavy (non-hydrogen) atoms. The quantitative estimate of drug-likeness (QED) is 0.792. The van der Waals surface area contributed by atoms with E-state index in [0.717, 1.165) is 38.2 Å². The molecule has 136 valence electrons. The fourth-order valence-corrected chi connectivity index (χ4v) is 2.63. The van der Waals surface area contributed by atoms with Crippen LogP contribution in [0.25, 0.3) is 0 Å². The first kappa shape index (κ1) is 18.7. The minimum atomic E-state index is -0.997. The number of rotatable bonds is 5. The second kappa shape index (κ2) is 9.00. The van der Waals surface area contributed by atoms with E-state index in [2.05, 4.69) is 10.6 Å². The molecule has 0 heterocycles. The molecule has 0 unspecified atom stereocenters. The van der Waals surface area contributed by atoms with Crippen molar-refractivity contribution < 1.29 is 28.2 Å². The third-order valence-corrected chi connectivity index (χ3v) is 3.92. The Kier molecular flexibility index (Phi) is 6.73. The maximum Gasteiger partial charge on any atom is 0.341 e. The van der Waals surface area contributed by atoms with E-state index in [4.69, 9.17) is 9.47 Å². The number of amides is 3. The van der Waals surface area contributed by atoms with Crippen LogP contribution < -0.4 is 15.4 Å². The van der Waals surface area contributed by atoms with Gasteiger partial charge in [-0.05, 0) is 25.0 Å². The number of hydrogen-bond acceptors (Lipinski definition) is 5. The average Bonchev–Trinajstić information content (AvgIpc) is 2.60. The highest BCUT2D eigenvalue weighted by atomic mass is 19.1. The van der Waals surface area contributed by atoms with Gasteiger partial charge in [0, 0.05) is 12.1 Å². The largest absolute Gasteiger partial charge is 0.497 e. The molecule has 0 spiro atoms. The lowest BCUT2D eigenvalue weighted by atomic mass is 9.96. The lowest BCUT2D eigenvalue weighted by molar-refractivity contribution is -0.123. The van der Waals surface area contributed by atoms with Gasteiger partial charge >= 0.3 is 12.0 Å². The summed E-state index contributed by atoms with van der Waals surface area (Å²) in [5, 5.41) is 4.79. The van der Waals surface area contributed by atoms with E-state index in [1.54, 1.807) is 0 Å². The van der Waals surface area contributed by atoms with Crippen molar-refractivity contribution in [2.75, 3.05) is 13.7 Å². The summed E-state index contributed by atoms with van der Waals surface area (Å²) in [6, 6.07) is 3.07. The normalized spacial score (nSPS) is 14.5. The van der Waals surface area contributed by atoms with Crippen molar-refractivity contribution in [2.24, 2.45) is 0 Å². The minimum Gasteiger partial charge on any atom is -0.497 e. The molecular weight excluding hydrogens is 331 g/mol. The van der Waals surface area contributed by atoms with Crippen molar-refractivity contribution in [3.05, 3.63) is 29.6 Å². The van der Waals surface area contributed by atoms with Crippen LogP contribution in [0.4, 0.5) is 9.18 Å². The average molecular weight is 352 g/mol. The van der Waals surface area contributed by atoms with Crippen LogP contribution in [0.5, 0.6) is 5.75 Å². The van der Waals surface area contributed by atoms with Gasteiger partial charge in [0.1, 0.15) is 11.6 Å². The maximum absolute atomic E-state index is 13.7. The van der Waals surface area contributed by atoms with Crippen LogP contribution in [0.15, 0.2) is 18.2 Å². The smallest absolute Gasteiger partial charge is 0.341 e. The zero-order valence-corrected chi connectivity index (χ0v) is 14.0. The van der Waals surface area contributed by atoms with Gasteiger partial charge in [-0.1, -0.05) is 19.3 Å². The minimum absolute atomic E-state index is 0.0532. The van der Waals surface area contributed by atoms with Crippen molar-refractivity contribution in [1.29, 1.82) is 0 Å². The Labute approximate surface area is 144 Å². The highest BCUT2D eigenvalue weighted by Gasteiger charge is 2.19.